The summed E-state index contributed by atoms with van der Waals surface area (Å²) < 4.78 is 0. The molecule has 0 amide bonds. The third-order valence-electron chi connectivity index (χ3n) is 4.44. The Hall–Kier alpha value is -2.33. The van der Waals surface area contributed by atoms with Crippen LogP contribution in [0.1, 0.15) is 36.5 Å². The van der Waals surface area contributed by atoms with Gasteiger partial charge in [0.25, 0.3) is 0 Å². The molecule has 25 heavy (non-hydrogen) atoms. The van der Waals surface area contributed by atoms with Gasteiger partial charge < -0.3 is 15.6 Å². The van der Waals surface area contributed by atoms with Gasteiger partial charge in [-0.15, -0.1) is 0 Å². The van der Waals surface area contributed by atoms with Crippen LogP contribution in [0.3, 0.4) is 0 Å². The van der Waals surface area contributed by atoms with E-state index in [9.17, 15) is 0 Å². The summed E-state index contributed by atoms with van der Waals surface area (Å²) in [5.74, 6) is 0.541. The summed E-state index contributed by atoms with van der Waals surface area (Å²) in [5.41, 5.74) is 6.13. The molecular weight excluding hydrogens is 326 g/mol. The minimum atomic E-state index is 0.541. The highest BCUT2D eigenvalue weighted by Crippen LogP contribution is 2.20. The third-order valence-corrected chi connectivity index (χ3v) is 4.68. The van der Waals surface area contributed by atoms with Crippen LogP contribution in [0.5, 0.6) is 0 Å². The van der Waals surface area contributed by atoms with Crippen molar-refractivity contribution < 1.29 is 0 Å². The number of H-pyrrole nitrogens is 1. The van der Waals surface area contributed by atoms with Crippen LogP contribution < -0.4 is 10.6 Å². The standard InChI is InChI=1S/C21H25N3S/c1-14(2)16-5-7-18(8-6-16)24-21(25)22-11-10-17-13-23-20-9-4-15(3)12-19(17)20/h4-9,12-14,23H,10-11H2,1-3H3,(H2,22,24,25). The fraction of sp³-hybridized carbons (Fsp3) is 0.286. The fourth-order valence-electron chi connectivity index (χ4n) is 2.94. The molecule has 0 aliphatic carbocycles. The number of aromatic amines is 1. The summed E-state index contributed by atoms with van der Waals surface area (Å²) in [7, 11) is 0. The van der Waals surface area contributed by atoms with E-state index in [0.29, 0.717) is 11.0 Å². The van der Waals surface area contributed by atoms with E-state index in [4.69, 9.17) is 12.2 Å². The van der Waals surface area contributed by atoms with Gasteiger partial charge in [-0.2, -0.15) is 0 Å². The molecule has 3 N–H and O–H groups in total. The van der Waals surface area contributed by atoms with Gasteiger partial charge in [-0.05, 0) is 66.9 Å². The first-order valence-electron chi connectivity index (χ1n) is 8.74. The molecule has 0 saturated carbocycles. The van der Waals surface area contributed by atoms with Crippen LogP contribution in [0.4, 0.5) is 5.69 Å². The first-order valence-corrected chi connectivity index (χ1v) is 9.15. The van der Waals surface area contributed by atoms with Crippen molar-refractivity contribution in [2.75, 3.05) is 11.9 Å². The van der Waals surface area contributed by atoms with Gasteiger partial charge in [0, 0.05) is 29.3 Å². The molecule has 0 fully saturated rings. The van der Waals surface area contributed by atoms with Gasteiger partial charge >= 0.3 is 0 Å². The lowest BCUT2D eigenvalue weighted by atomic mass is 10.0. The van der Waals surface area contributed by atoms with E-state index < -0.39 is 0 Å². The molecule has 0 aliphatic rings. The highest BCUT2D eigenvalue weighted by Gasteiger charge is 2.05. The fourth-order valence-corrected chi connectivity index (χ4v) is 3.16. The quantitative estimate of drug-likeness (QED) is 0.558. The molecule has 3 nitrogen and oxygen atoms in total. The Morgan fingerprint density at radius 2 is 1.88 bits per heavy atom. The smallest absolute Gasteiger partial charge is 0.170 e. The number of anilines is 1. The highest BCUT2D eigenvalue weighted by molar-refractivity contribution is 7.80. The van der Waals surface area contributed by atoms with Gasteiger partial charge in [-0.25, -0.2) is 0 Å². The molecule has 2 aromatic carbocycles. The van der Waals surface area contributed by atoms with Gasteiger partial charge in [0.2, 0.25) is 0 Å². The second kappa shape index (κ2) is 7.70. The van der Waals surface area contributed by atoms with Crippen molar-refractivity contribution in [2.45, 2.75) is 33.1 Å². The molecule has 4 heteroatoms. The van der Waals surface area contributed by atoms with Crippen LogP contribution in [-0.4, -0.2) is 16.6 Å². The van der Waals surface area contributed by atoms with Crippen LogP contribution in [0.15, 0.2) is 48.7 Å². The summed E-state index contributed by atoms with van der Waals surface area (Å²) in [4.78, 5) is 3.33. The van der Waals surface area contributed by atoms with Crippen LogP contribution in [0, 0.1) is 6.92 Å². The van der Waals surface area contributed by atoms with E-state index in [1.54, 1.807) is 0 Å². The second-order valence-corrected chi connectivity index (χ2v) is 7.18. The number of aryl methyl sites for hydroxylation is 1. The van der Waals surface area contributed by atoms with Crippen molar-refractivity contribution in [3.63, 3.8) is 0 Å². The molecule has 3 rings (SSSR count). The van der Waals surface area contributed by atoms with E-state index >= 15 is 0 Å². The number of fused-ring (bicyclic) bond motifs is 1. The molecule has 3 aromatic rings. The molecule has 1 heterocycles. The number of rotatable bonds is 5. The largest absolute Gasteiger partial charge is 0.362 e. The molecule has 0 atom stereocenters. The maximum atomic E-state index is 5.40. The third kappa shape index (κ3) is 4.40. The van der Waals surface area contributed by atoms with E-state index in [1.165, 1.54) is 27.6 Å². The lowest BCUT2D eigenvalue weighted by Gasteiger charge is -2.12. The van der Waals surface area contributed by atoms with Crippen LogP contribution in [0.2, 0.25) is 0 Å². The Morgan fingerprint density at radius 1 is 1.12 bits per heavy atom. The van der Waals surface area contributed by atoms with Crippen LogP contribution in [0.25, 0.3) is 10.9 Å². The summed E-state index contributed by atoms with van der Waals surface area (Å²) in [6.45, 7) is 7.32. The zero-order valence-corrected chi connectivity index (χ0v) is 15.8. The highest BCUT2D eigenvalue weighted by atomic mass is 32.1. The van der Waals surface area contributed by atoms with E-state index in [1.807, 2.05) is 0 Å². The number of benzene rings is 2. The summed E-state index contributed by atoms with van der Waals surface area (Å²) in [6.07, 6.45) is 3.02. The van der Waals surface area contributed by atoms with Crippen molar-refractivity contribution in [3.8, 4) is 0 Å². The molecule has 0 unspecified atom stereocenters. The minimum Gasteiger partial charge on any atom is -0.362 e. The summed E-state index contributed by atoms with van der Waals surface area (Å²) in [6, 6.07) is 14.9. The normalized spacial score (nSPS) is 11.0. The Labute approximate surface area is 154 Å². The van der Waals surface area contributed by atoms with Crippen molar-refractivity contribution >= 4 is 33.9 Å². The molecular formula is C21H25N3S. The van der Waals surface area contributed by atoms with Gasteiger partial charge in [-0.1, -0.05) is 37.6 Å². The molecule has 0 saturated heterocycles. The average molecular weight is 352 g/mol. The summed E-state index contributed by atoms with van der Waals surface area (Å²) >= 11 is 5.40. The zero-order chi connectivity index (χ0) is 17.8. The van der Waals surface area contributed by atoms with Crippen molar-refractivity contribution in [1.82, 2.24) is 10.3 Å². The minimum absolute atomic E-state index is 0.541. The van der Waals surface area contributed by atoms with Crippen LogP contribution >= 0.6 is 12.2 Å². The number of hydrogen-bond acceptors (Lipinski definition) is 1. The predicted molar refractivity (Wildman–Crippen MR) is 111 cm³/mol. The topological polar surface area (TPSA) is 39.9 Å². The SMILES string of the molecule is Cc1ccc2[nH]cc(CCNC(=S)Nc3ccc(C(C)C)cc3)c2c1. The van der Waals surface area contributed by atoms with Crippen molar-refractivity contribution in [1.29, 1.82) is 0 Å². The van der Waals surface area contributed by atoms with Gasteiger partial charge in [-0.3, -0.25) is 0 Å². The Balaban J connectivity index is 1.52. The molecule has 0 bridgehead atoms. The molecule has 0 spiro atoms. The van der Waals surface area contributed by atoms with E-state index in [0.717, 1.165) is 18.7 Å². The molecule has 1 aromatic heterocycles. The summed E-state index contributed by atoms with van der Waals surface area (Å²) in [5, 5.41) is 8.50. The van der Waals surface area contributed by atoms with Gasteiger partial charge in [0.05, 0.1) is 0 Å². The Kier molecular flexibility index (Phi) is 5.39. The first kappa shape index (κ1) is 17.5. The van der Waals surface area contributed by atoms with E-state index in [2.05, 4.69) is 85.1 Å². The number of thiocarbonyl (C=S) groups is 1. The average Bonchev–Trinajstić information content (AvgIpc) is 2.97. The van der Waals surface area contributed by atoms with Gasteiger partial charge in [0.1, 0.15) is 0 Å². The maximum absolute atomic E-state index is 5.40. The number of hydrogen-bond donors (Lipinski definition) is 3. The monoisotopic (exact) mass is 351 g/mol. The number of aromatic nitrogens is 1. The van der Waals surface area contributed by atoms with Crippen molar-refractivity contribution in [2.24, 2.45) is 0 Å². The molecule has 130 valence electrons. The lowest BCUT2D eigenvalue weighted by Crippen LogP contribution is -2.30. The molecule has 0 aliphatic heterocycles. The Morgan fingerprint density at radius 3 is 2.60 bits per heavy atom. The predicted octanol–water partition coefficient (Wildman–Crippen LogP) is 5.13. The second-order valence-electron chi connectivity index (χ2n) is 6.77. The van der Waals surface area contributed by atoms with Crippen LogP contribution in [-0.2, 0) is 6.42 Å². The zero-order valence-electron chi connectivity index (χ0n) is 15.0. The Bertz CT molecular complexity index is 862. The number of nitrogens with one attached hydrogen (secondary N) is 3. The lowest BCUT2D eigenvalue weighted by molar-refractivity contribution is 0.866. The first-order chi connectivity index (χ1) is 12.0. The van der Waals surface area contributed by atoms with Crippen molar-refractivity contribution in [3.05, 3.63) is 65.4 Å². The van der Waals surface area contributed by atoms with Gasteiger partial charge in [0.15, 0.2) is 5.11 Å². The maximum Gasteiger partial charge on any atom is 0.170 e. The molecule has 0 radical (unpaired) electrons. The van der Waals surface area contributed by atoms with E-state index in [-0.39, 0.29) is 0 Å².